The Bertz CT molecular complexity index is 1240. The fraction of sp³-hybridized carbons (Fsp3) is 0.467. The summed E-state index contributed by atoms with van der Waals surface area (Å²) >= 11 is 1.56. The Morgan fingerprint density at radius 2 is 2.08 bits per heavy atom. The Morgan fingerprint density at radius 3 is 2.79 bits per heavy atom. The lowest BCUT2D eigenvalue weighted by molar-refractivity contribution is -0.154. The van der Waals surface area contributed by atoms with Crippen LogP contribution < -0.4 is 14.2 Å². The van der Waals surface area contributed by atoms with Crippen LogP contribution in [0, 0.1) is 5.92 Å². The first-order valence-corrected chi connectivity index (χ1v) is 14.4. The highest BCUT2D eigenvalue weighted by Crippen LogP contribution is 2.43. The molecule has 202 valence electrons. The summed E-state index contributed by atoms with van der Waals surface area (Å²) in [6.07, 6.45) is 4.80. The normalized spacial score (nSPS) is 18.5. The second kappa shape index (κ2) is 12.2. The van der Waals surface area contributed by atoms with E-state index in [4.69, 9.17) is 18.9 Å². The van der Waals surface area contributed by atoms with Crippen LogP contribution in [0.2, 0.25) is 0 Å². The number of fused-ring (bicyclic) bond motifs is 1. The van der Waals surface area contributed by atoms with Crippen molar-refractivity contribution in [1.82, 2.24) is 4.98 Å². The first kappa shape index (κ1) is 26.5. The second-order valence-electron chi connectivity index (χ2n) is 9.99. The van der Waals surface area contributed by atoms with E-state index in [2.05, 4.69) is 11.9 Å². The molecular formula is C30H35NO6S. The summed E-state index contributed by atoms with van der Waals surface area (Å²) in [6.45, 7) is 2.94. The second-order valence-corrected chi connectivity index (χ2v) is 10.7. The molecule has 3 aromatic rings. The van der Waals surface area contributed by atoms with Crippen LogP contribution in [0.5, 0.6) is 17.2 Å². The van der Waals surface area contributed by atoms with Crippen molar-refractivity contribution in [2.75, 3.05) is 20.3 Å². The van der Waals surface area contributed by atoms with Crippen molar-refractivity contribution in [3.05, 3.63) is 57.9 Å². The molecule has 0 amide bonds. The van der Waals surface area contributed by atoms with Crippen molar-refractivity contribution in [2.45, 2.75) is 64.1 Å². The fourth-order valence-electron chi connectivity index (χ4n) is 5.10. The van der Waals surface area contributed by atoms with Crippen molar-refractivity contribution in [3.63, 3.8) is 0 Å². The molecule has 38 heavy (non-hydrogen) atoms. The Hall–Kier alpha value is -3.10. The molecule has 7 nitrogen and oxygen atoms in total. The van der Waals surface area contributed by atoms with Crippen LogP contribution in [0.1, 0.15) is 49.3 Å². The lowest BCUT2D eigenvalue weighted by Gasteiger charge is -2.32. The third-order valence-corrected chi connectivity index (χ3v) is 7.73. The molecule has 1 saturated carbocycles. The third kappa shape index (κ3) is 5.97. The number of rotatable bonds is 13. The highest BCUT2D eigenvalue weighted by atomic mass is 32.1. The van der Waals surface area contributed by atoms with Gasteiger partial charge in [-0.15, -0.1) is 11.3 Å². The molecule has 0 saturated heterocycles. The molecule has 0 spiro atoms. The zero-order valence-electron chi connectivity index (χ0n) is 22.0. The molecule has 0 radical (unpaired) electrons. The zero-order chi connectivity index (χ0) is 26.5. The molecule has 1 aliphatic carbocycles. The molecule has 1 N–H and O–H groups in total. The number of carboxylic acids is 1. The molecular weight excluding hydrogens is 502 g/mol. The number of carboxylic acid groups (broad SMARTS) is 1. The number of ether oxygens (including phenoxy) is 4. The maximum absolute atomic E-state index is 12.0. The van der Waals surface area contributed by atoms with Gasteiger partial charge in [-0.25, -0.2) is 9.78 Å². The first-order valence-electron chi connectivity index (χ1n) is 13.4. The van der Waals surface area contributed by atoms with E-state index in [1.807, 2.05) is 41.2 Å². The molecule has 2 heterocycles. The van der Waals surface area contributed by atoms with Gasteiger partial charge < -0.3 is 24.1 Å². The minimum atomic E-state index is -1.02. The first-order chi connectivity index (χ1) is 18.6. The molecule has 0 bridgehead atoms. The van der Waals surface area contributed by atoms with E-state index < -0.39 is 18.2 Å². The minimum absolute atomic E-state index is 0.383. The van der Waals surface area contributed by atoms with Gasteiger partial charge in [-0.3, -0.25) is 0 Å². The zero-order valence-corrected chi connectivity index (χ0v) is 22.8. The molecule has 1 fully saturated rings. The Morgan fingerprint density at radius 1 is 1.21 bits per heavy atom. The summed E-state index contributed by atoms with van der Waals surface area (Å²) in [7, 11) is 1.70. The van der Waals surface area contributed by atoms with Gasteiger partial charge >= 0.3 is 5.97 Å². The summed E-state index contributed by atoms with van der Waals surface area (Å²) in [4.78, 5) is 16.4. The predicted molar refractivity (Wildman–Crippen MR) is 147 cm³/mol. The van der Waals surface area contributed by atoms with E-state index in [-0.39, 0.29) is 0 Å². The molecule has 8 heteroatoms. The van der Waals surface area contributed by atoms with Gasteiger partial charge in [0.1, 0.15) is 23.4 Å². The van der Waals surface area contributed by atoms with Gasteiger partial charge in [0.2, 0.25) is 6.10 Å². The average molecular weight is 538 g/mol. The number of aromatic nitrogens is 1. The Balaban J connectivity index is 1.21. The molecule has 5 rings (SSSR count). The van der Waals surface area contributed by atoms with Crippen LogP contribution in [-0.2, 0) is 28.8 Å². The highest BCUT2D eigenvalue weighted by molar-refractivity contribution is 7.07. The monoisotopic (exact) mass is 537 g/mol. The van der Waals surface area contributed by atoms with Crippen LogP contribution in [0.25, 0.3) is 11.3 Å². The van der Waals surface area contributed by atoms with E-state index in [1.54, 1.807) is 18.4 Å². The molecule has 2 unspecified atom stereocenters. The topological polar surface area (TPSA) is 87.1 Å². The van der Waals surface area contributed by atoms with Crippen LogP contribution in [-0.4, -0.2) is 48.6 Å². The fourth-order valence-corrected chi connectivity index (χ4v) is 5.66. The number of carbonyl (C=O) groups is 1. The number of hydrogen-bond donors (Lipinski definition) is 1. The number of benzene rings is 2. The van der Waals surface area contributed by atoms with Gasteiger partial charge in [0, 0.05) is 29.3 Å². The highest BCUT2D eigenvalue weighted by Gasteiger charge is 2.37. The van der Waals surface area contributed by atoms with E-state index in [1.165, 1.54) is 12.8 Å². The molecule has 1 aliphatic heterocycles. The van der Waals surface area contributed by atoms with E-state index in [0.717, 1.165) is 58.7 Å². The summed E-state index contributed by atoms with van der Waals surface area (Å²) in [5.41, 5.74) is 6.88. The van der Waals surface area contributed by atoms with E-state index >= 15 is 0 Å². The van der Waals surface area contributed by atoms with Gasteiger partial charge in [0.25, 0.3) is 0 Å². The quantitative estimate of drug-likeness (QED) is 0.269. The smallest absolute Gasteiger partial charge is 0.347 e. The number of aliphatic carboxylic acids is 1. The molecule has 1 aromatic heterocycles. The van der Waals surface area contributed by atoms with E-state index in [9.17, 15) is 9.90 Å². The van der Waals surface area contributed by atoms with Crippen molar-refractivity contribution in [1.29, 1.82) is 0 Å². The van der Waals surface area contributed by atoms with Gasteiger partial charge in [0.15, 0.2) is 0 Å². The number of para-hydroxylation sites is 1. The summed E-state index contributed by atoms with van der Waals surface area (Å²) in [5, 5.41) is 11.8. The van der Waals surface area contributed by atoms with Gasteiger partial charge in [-0.1, -0.05) is 31.5 Å². The van der Waals surface area contributed by atoms with Crippen LogP contribution in [0.15, 0.2) is 41.2 Å². The number of nitrogens with zero attached hydrogens (tertiary/aromatic N) is 1. The lowest BCUT2D eigenvalue weighted by Crippen LogP contribution is -2.45. The number of hydrogen-bond acceptors (Lipinski definition) is 7. The largest absolute Gasteiger partial charge is 0.496 e. The number of thiazole rings is 1. The van der Waals surface area contributed by atoms with Crippen molar-refractivity contribution in [3.8, 4) is 28.5 Å². The van der Waals surface area contributed by atoms with Crippen LogP contribution >= 0.6 is 11.3 Å². The Kier molecular flexibility index (Phi) is 8.49. The van der Waals surface area contributed by atoms with Crippen molar-refractivity contribution in [2.24, 2.45) is 5.92 Å². The predicted octanol–water partition coefficient (Wildman–Crippen LogP) is 5.97. The molecule has 2 atom stereocenters. The lowest BCUT2D eigenvalue weighted by atomic mass is 9.95. The Labute approximate surface area is 227 Å². The van der Waals surface area contributed by atoms with Crippen LogP contribution in [0.4, 0.5) is 0 Å². The number of aryl methyl sites for hydroxylation is 1. The maximum atomic E-state index is 12.0. The van der Waals surface area contributed by atoms with Gasteiger partial charge in [0.05, 0.1) is 31.5 Å². The average Bonchev–Trinajstić information content (AvgIpc) is 3.57. The van der Waals surface area contributed by atoms with Gasteiger partial charge in [-0.2, -0.15) is 0 Å². The van der Waals surface area contributed by atoms with Crippen LogP contribution in [0.3, 0.4) is 0 Å². The third-order valence-electron chi connectivity index (χ3n) is 7.14. The maximum Gasteiger partial charge on any atom is 0.347 e. The van der Waals surface area contributed by atoms with Crippen molar-refractivity contribution < 1.29 is 28.8 Å². The van der Waals surface area contributed by atoms with Crippen molar-refractivity contribution >= 4 is 17.3 Å². The summed E-state index contributed by atoms with van der Waals surface area (Å²) < 4.78 is 24.1. The standard InChI is InChI=1S/C30H35NO6S/c1-3-6-20-7-4-8-21-16-26(29(30(32)33)37-27(20)21)36-14-5-13-35-25-12-11-22(24-17-38-18-31-24)28(34-2)23(25)15-19-9-10-19/h4,7-8,11-12,17-19,26,29H,3,5-6,9-10,13-16H2,1-2H3,(H,32,33). The van der Waals surface area contributed by atoms with Gasteiger partial charge in [-0.05, 0) is 54.9 Å². The molecule has 2 aromatic carbocycles. The summed E-state index contributed by atoms with van der Waals surface area (Å²) in [6, 6.07) is 10.0. The SMILES string of the molecule is CCCc1cccc2c1OC(C(=O)O)C(OCCCOc1ccc(-c3cscn3)c(OC)c1CC1CC1)C2. The number of methoxy groups -OCH3 is 1. The summed E-state index contributed by atoms with van der Waals surface area (Å²) in [5.74, 6) is 2.04. The minimum Gasteiger partial charge on any atom is -0.496 e. The van der Waals surface area contributed by atoms with E-state index in [0.29, 0.717) is 37.7 Å². The molecule has 2 aliphatic rings.